The Morgan fingerprint density at radius 3 is 0.867 bits per heavy atom. The van der Waals surface area contributed by atoms with Crippen LogP contribution >= 0.6 is 0 Å². The second-order valence-electron chi connectivity index (χ2n) is 21.5. The van der Waals surface area contributed by atoms with Crippen molar-refractivity contribution in [2.24, 2.45) is 0 Å². The molecule has 0 rings (SSSR count). The third-order valence-corrected chi connectivity index (χ3v) is 14.1. The second-order valence-corrected chi connectivity index (χ2v) is 21.5. The quantitative estimate of drug-likeness (QED) is 0.0373. The van der Waals surface area contributed by atoms with E-state index in [2.05, 4.69) is 111 Å². The fourth-order valence-electron chi connectivity index (χ4n) is 9.34. The predicted octanol–water partition coefficient (Wildman–Crippen LogP) is 22.3. The maximum absolute atomic E-state index is 12.3. The molecule has 0 saturated heterocycles. The van der Waals surface area contributed by atoms with Gasteiger partial charge in [0.1, 0.15) is 6.61 Å². The van der Waals surface area contributed by atoms with Crippen molar-refractivity contribution >= 4 is 11.9 Å². The zero-order valence-corrected chi connectivity index (χ0v) is 49.5. The van der Waals surface area contributed by atoms with Crippen molar-refractivity contribution < 1.29 is 24.2 Å². The monoisotopic (exact) mass is 1040 g/mol. The zero-order chi connectivity index (χ0) is 54.1. The molecular formula is C70H122O5. The summed E-state index contributed by atoms with van der Waals surface area (Å²) in [6.45, 7) is 4.06. The highest BCUT2D eigenvalue weighted by molar-refractivity contribution is 5.70. The molecule has 0 aliphatic heterocycles. The van der Waals surface area contributed by atoms with Crippen LogP contribution in [0.15, 0.2) is 97.2 Å². The Morgan fingerprint density at radius 1 is 0.320 bits per heavy atom. The Bertz CT molecular complexity index is 1410. The van der Waals surface area contributed by atoms with E-state index in [0.717, 1.165) is 89.9 Å². The molecule has 75 heavy (non-hydrogen) atoms. The van der Waals surface area contributed by atoms with Crippen molar-refractivity contribution in [2.75, 3.05) is 13.2 Å². The van der Waals surface area contributed by atoms with Crippen LogP contribution < -0.4 is 0 Å². The number of aliphatic hydroxyl groups excluding tert-OH is 1. The molecule has 0 aliphatic rings. The summed E-state index contributed by atoms with van der Waals surface area (Å²) >= 11 is 0. The molecule has 432 valence electrons. The highest BCUT2D eigenvalue weighted by Gasteiger charge is 2.16. The molecule has 5 heteroatoms. The first-order valence-corrected chi connectivity index (χ1v) is 32.3. The standard InChI is InChI=1S/C70H122O5/c1-3-5-7-9-11-13-15-17-19-21-23-25-26-27-28-29-30-31-32-33-34-35-36-37-38-39-40-41-42-43-44-45-47-49-51-53-55-57-59-61-63-65-70(73)75-68(66-71)67-74-69(72)64-62-60-58-56-54-52-50-48-46-24-22-20-18-16-14-12-10-8-6-4-2/h5,7,11,13,17,19,23,25,27-28,30-31,33-34,36-37,68,71H,3-4,6,8-10,12,14-16,18,20-22,24,26,29,32,35,38-67H2,1-2H3/b7-5-,13-11-,19-17-,25-23-,28-27-,31-30-,34-33-,37-36-. The zero-order valence-electron chi connectivity index (χ0n) is 49.5. The summed E-state index contributed by atoms with van der Waals surface area (Å²) in [5.74, 6) is -0.577. The van der Waals surface area contributed by atoms with Gasteiger partial charge in [-0.25, -0.2) is 0 Å². The number of esters is 2. The molecule has 0 aromatic rings. The second kappa shape index (κ2) is 65.1. The maximum Gasteiger partial charge on any atom is 0.306 e. The maximum atomic E-state index is 12.3. The van der Waals surface area contributed by atoms with Gasteiger partial charge >= 0.3 is 11.9 Å². The molecule has 0 aromatic heterocycles. The van der Waals surface area contributed by atoms with Crippen molar-refractivity contribution in [1.82, 2.24) is 0 Å². The minimum atomic E-state index is -0.773. The largest absolute Gasteiger partial charge is 0.462 e. The smallest absolute Gasteiger partial charge is 0.306 e. The van der Waals surface area contributed by atoms with Crippen LogP contribution in [-0.2, 0) is 19.1 Å². The number of unbranched alkanes of at least 4 members (excludes halogenated alkanes) is 35. The van der Waals surface area contributed by atoms with Crippen molar-refractivity contribution in [3.05, 3.63) is 97.2 Å². The van der Waals surface area contributed by atoms with E-state index in [1.165, 1.54) is 199 Å². The Hall–Kier alpha value is -3.18. The number of rotatable bonds is 59. The highest BCUT2D eigenvalue weighted by atomic mass is 16.6. The average Bonchev–Trinajstić information content (AvgIpc) is 3.41. The Kier molecular flexibility index (Phi) is 62.3. The summed E-state index contributed by atoms with van der Waals surface area (Å²) in [7, 11) is 0. The van der Waals surface area contributed by atoms with Crippen molar-refractivity contribution in [2.45, 2.75) is 322 Å². The highest BCUT2D eigenvalue weighted by Crippen LogP contribution is 2.17. The van der Waals surface area contributed by atoms with Crippen LogP contribution in [0.25, 0.3) is 0 Å². The summed E-state index contributed by atoms with van der Waals surface area (Å²) in [5, 5.41) is 9.67. The first-order chi connectivity index (χ1) is 37.1. The van der Waals surface area contributed by atoms with Crippen LogP contribution in [-0.4, -0.2) is 36.4 Å². The predicted molar refractivity (Wildman–Crippen MR) is 329 cm³/mol. The van der Waals surface area contributed by atoms with E-state index in [1.54, 1.807) is 0 Å². The number of aliphatic hydroxyl groups is 1. The summed E-state index contributed by atoms with van der Waals surface area (Å²) in [6.07, 6.45) is 92.7. The van der Waals surface area contributed by atoms with E-state index in [4.69, 9.17) is 9.47 Å². The van der Waals surface area contributed by atoms with Crippen LogP contribution in [0.5, 0.6) is 0 Å². The normalized spacial score (nSPS) is 12.8. The SMILES string of the molecule is CC/C=C\C/C=C\C/C=C\C/C=C\C/C=C\C/C=C\C/C=C\C/C=C\CCCCCCCCCCCCCCCCCCC(=O)OC(CO)COC(=O)CCCCCCCCCCCCCCCCCCCCCC. The van der Waals surface area contributed by atoms with E-state index in [-0.39, 0.29) is 25.2 Å². The van der Waals surface area contributed by atoms with Gasteiger partial charge in [-0.1, -0.05) is 323 Å². The Labute approximate surface area is 466 Å². The van der Waals surface area contributed by atoms with Gasteiger partial charge in [-0.2, -0.15) is 0 Å². The van der Waals surface area contributed by atoms with Gasteiger partial charge < -0.3 is 14.6 Å². The number of hydrogen-bond acceptors (Lipinski definition) is 5. The lowest BCUT2D eigenvalue weighted by Crippen LogP contribution is -2.28. The first kappa shape index (κ1) is 71.8. The molecule has 0 spiro atoms. The van der Waals surface area contributed by atoms with Gasteiger partial charge in [0, 0.05) is 12.8 Å². The third kappa shape index (κ3) is 63.3. The molecule has 1 unspecified atom stereocenters. The van der Waals surface area contributed by atoms with E-state index in [9.17, 15) is 14.7 Å². The van der Waals surface area contributed by atoms with Crippen molar-refractivity contribution in [3.63, 3.8) is 0 Å². The lowest BCUT2D eigenvalue weighted by molar-refractivity contribution is -0.161. The molecule has 0 heterocycles. The molecular weight excluding hydrogens is 921 g/mol. The van der Waals surface area contributed by atoms with E-state index in [1.807, 2.05) is 0 Å². The van der Waals surface area contributed by atoms with Gasteiger partial charge in [0.2, 0.25) is 0 Å². The molecule has 0 saturated carbocycles. The van der Waals surface area contributed by atoms with Gasteiger partial charge in [-0.05, 0) is 77.0 Å². The summed E-state index contributed by atoms with van der Waals surface area (Å²) in [4.78, 5) is 24.6. The van der Waals surface area contributed by atoms with Crippen molar-refractivity contribution in [3.8, 4) is 0 Å². The number of carbonyl (C=O) groups is 2. The molecule has 0 aliphatic carbocycles. The average molecular weight is 1040 g/mol. The topological polar surface area (TPSA) is 72.8 Å². The fourth-order valence-corrected chi connectivity index (χ4v) is 9.34. The Morgan fingerprint density at radius 2 is 0.573 bits per heavy atom. The van der Waals surface area contributed by atoms with Crippen molar-refractivity contribution in [1.29, 1.82) is 0 Å². The molecule has 0 fully saturated rings. The molecule has 5 nitrogen and oxygen atoms in total. The van der Waals surface area contributed by atoms with Crippen LogP contribution in [0.1, 0.15) is 316 Å². The lowest BCUT2D eigenvalue weighted by atomic mass is 10.0. The third-order valence-electron chi connectivity index (χ3n) is 14.1. The van der Waals surface area contributed by atoms with Gasteiger partial charge in [-0.15, -0.1) is 0 Å². The van der Waals surface area contributed by atoms with Gasteiger partial charge in [0.25, 0.3) is 0 Å². The first-order valence-electron chi connectivity index (χ1n) is 32.3. The number of carbonyl (C=O) groups excluding carboxylic acids is 2. The van der Waals surface area contributed by atoms with Crippen LogP contribution in [0, 0.1) is 0 Å². The van der Waals surface area contributed by atoms with Gasteiger partial charge in [-0.3, -0.25) is 9.59 Å². The molecule has 0 aromatic carbocycles. The van der Waals surface area contributed by atoms with Gasteiger partial charge in [0.15, 0.2) is 6.10 Å². The minimum Gasteiger partial charge on any atom is -0.462 e. The fraction of sp³-hybridized carbons (Fsp3) is 0.743. The lowest BCUT2D eigenvalue weighted by Gasteiger charge is -2.15. The summed E-state index contributed by atoms with van der Waals surface area (Å²) in [6, 6.07) is 0. The van der Waals surface area contributed by atoms with Crippen LogP contribution in [0.3, 0.4) is 0 Å². The minimum absolute atomic E-state index is 0.0634. The van der Waals surface area contributed by atoms with Crippen LogP contribution in [0.2, 0.25) is 0 Å². The molecule has 0 radical (unpaired) electrons. The number of hydrogen-bond donors (Lipinski definition) is 1. The molecule has 1 atom stereocenters. The number of ether oxygens (including phenoxy) is 2. The summed E-state index contributed by atoms with van der Waals surface area (Å²) in [5.41, 5.74) is 0. The summed E-state index contributed by atoms with van der Waals surface area (Å²) < 4.78 is 10.7. The Balaban J connectivity index is 3.47. The molecule has 1 N–H and O–H groups in total. The van der Waals surface area contributed by atoms with E-state index in [0.29, 0.717) is 12.8 Å². The van der Waals surface area contributed by atoms with Gasteiger partial charge in [0.05, 0.1) is 6.61 Å². The van der Waals surface area contributed by atoms with E-state index < -0.39 is 6.10 Å². The molecule has 0 amide bonds. The van der Waals surface area contributed by atoms with E-state index >= 15 is 0 Å². The van der Waals surface area contributed by atoms with Crippen LogP contribution in [0.4, 0.5) is 0 Å². The molecule has 0 bridgehead atoms. The number of allylic oxidation sites excluding steroid dienone is 16.